The van der Waals surface area contributed by atoms with Crippen molar-refractivity contribution in [1.29, 1.82) is 0 Å². The van der Waals surface area contributed by atoms with Gasteiger partial charge in [-0.2, -0.15) is 0 Å². The van der Waals surface area contributed by atoms with Gasteiger partial charge in [-0.25, -0.2) is 0 Å². The zero-order valence-corrected chi connectivity index (χ0v) is 15.0. The Balaban J connectivity index is 1.83. The van der Waals surface area contributed by atoms with Crippen molar-refractivity contribution in [3.8, 4) is 0 Å². The minimum atomic E-state index is -0.216. The maximum absolute atomic E-state index is 12.7. The van der Waals surface area contributed by atoms with Gasteiger partial charge in [0.15, 0.2) is 5.76 Å². The fraction of sp³-hybridized carbons (Fsp3) is 0.286. The normalized spacial score (nSPS) is 10.8. The van der Waals surface area contributed by atoms with Crippen molar-refractivity contribution in [2.75, 3.05) is 23.3 Å². The number of hydrogen-bond acceptors (Lipinski definition) is 3. The quantitative estimate of drug-likeness (QED) is 0.681. The highest BCUT2D eigenvalue weighted by Crippen LogP contribution is 2.27. The van der Waals surface area contributed by atoms with Crippen LogP contribution in [0.25, 0.3) is 10.8 Å². The monoisotopic (exact) mass is 336 g/mol. The Morgan fingerprint density at radius 3 is 2.20 bits per heavy atom. The summed E-state index contributed by atoms with van der Waals surface area (Å²) in [7, 11) is 0. The first kappa shape index (κ1) is 17.1. The molecule has 1 aromatic heterocycles. The molecule has 4 heteroatoms. The number of nitrogens with one attached hydrogen (secondary N) is 1. The van der Waals surface area contributed by atoms with Gasteiger partial charge in [0.2, 0.25) is 0 Å². The van der Waals surface area contributed by atoms with Crippen molar-refractivity contribution in [1.82, 2.24) is 0 Å². The van der Waals surface area contributed by atoms with Crippen LogP contribution in [-0.2, 0) is 6.42 Å². The molecule has 0 spiro atoms. The molecule has 4 nitrogen and oxygen atoms in total. The van der Waals surface area contributed by atoms with Crippen LogP contribution in [0.3, 0.4) is 0 Å². The predicted octanol–water partition coefficient (Wildman–Crippen LogP) is 5.09. The van der Waals surface area contributed by atoms with Crippen LogP contribution in [0.2, 0.25) is 0 Å². The third kappa shape index (κ3) is 3.38. The van der Waals surface area contributed by atoms with E-state index in [1.807, 2.05) is 55.5 Å². The molecular weight excluding hydrogens is 312 g/mol. The molecule has 1 amide bonds. The van der Waals surface area contributed by atoms with Gasteiger partial charge in [0.1, 0.15) is 5.76 Å². The average molecular weight is 336 g/mol. The van der Waals surface area contributed by atoms with E-state index in [0.29, 0.717) is 5.76 Å². The first-order chi connectivity index (χ1) is 12.2. The van der Waals surface area contributed by atoms with Crippen LogP contribution in [0, 0.1) is 0 Å². The van der Waals surface area contributed by atoms with Gasteiger partial charge >= 0.3 is 0 Å². The summed E-state index contributed by atoms with van der Waals surface area (Å²) in [6.07, 6.45) is 0.756. The molecule has 0 aliphatic rings. The molecule has 0 radical (unpaired) electrons. The van der Waals surface area contributed by atoms with Crippen molar-refractivity contribution >= 4 is 28.1 Å². The molecule has 0 fully saturated rings. The SMILES string of the molecule is CCc1oc(C(=O)Nc2ccc(N(CC)CC)cc2)c2ccccc12. The van der Waals surface area contributed by atoms with Crippen LogP contribution in [0.1, 0.15) is 37.1 Å². The van der Waals surface area contributed by atoms with Gasteiger partial charge in [0, 0.05) is 41.7 Å². The Morgan fingerprint density at radius 2 is 1.60 bits per heavy atom. The van der Waals surface area contributed by atoms with E-state index in [0.717, 1.165) is 47.4 Å². The molecule has 2 aromatic carbocycles. The fourth-order valence-electron chi connectivity index (χ4n) is 3.12. The number of nitrogens with zero attached hydrogens (tertiary/aromatic N) is 1. The lowest BCUT2D eigenvalue weighted by Crippen LogP contribution is -2.21. The molecule has 0 bridgehead atoms. The molecule has 25 heavy (non-hydrogen) atoms. The molecule has 0 aliphatic carbocycles. The molecule has 130 valence electrons. The number of carbonyl (C=O) groups is 1. The molecule has 0 aliphatic heterocycles. The number of fused-ring (bicyclic) bond motifs is 1. The smallest absolute Gasteiger partial charge is 0.292 e. The van der Waals surface area contributed by atoms with E-state index < -0.39 is 0 Å². The number of amides is 1. The number of aryl methyl sites for hydroxylation is 1. The summed E-state index contributed by atoms with van der Waals surface area (Å²) >= 11 is 0. The first-order valence-corrected chi connectivity index (χ1v) is 8.84. The Morgan fingerprint density at radius 1 is 0.960 bits per heavy atom. The maximum Gasteiger partial charge on any atom is 0.292 e. The van der Waals surface area contributed by atoms with Crippen molar-refractivity contribution in [2.45, 2.75) is 27.2 Å². The van der Waals surface area contributed by atoms with Crippen molar-refractivity contribution in [2.24, 2.45) is 0 Å². The standard InChI is InChI=1S/C21H24N2O2/c1-4-19-17-9-7-8-10-18(17)20(25-19)21(24)22-15-11-13-16(14-12-15)23(5-2)6-3/h7-14H,4-6H2,1-3H3,(H,22,24). The predicted molar refractivity (Wildman–Crippen MR) is 104 cm³/mol. The number of benzene rings is 2. The van der Waals surface area contributed by atoms with E-state index in [1.54, 1.807) is 0 Å². The zero-order valence-electron chi connectivity index (χ0n) is 15.0. The Hall–Kier alpha value is -2.75. The summed E-state index contributed by atoms with van der Waals surface area (Å²) in [5.41, 5.74) is 1.92. The molecule has 0 saturated heterocycles. The maximum atomic E-state index is 12.7. The van der Waals surface area contributed by atoms with E-state index in [2.05, 4.69) is 24.1 Å². The van der Waals surface area contributed by atoms with Gasteiger partial charge in [-0.15, -0.1) is 0 Å². The van der Waals surface area contributed by atoms with Crippen LogP contribution in [0.15, 0.2) is 52.9 Å². The van der Waals surface area contributed by atoms with Crippen molar-refractivity contribution in [3.05, 3.63) is 60.1 Å². The summed E-state index contributed by atoms with van der Waals surface area (Å²) < 4.78 is 5.82. The lowest BCUT2D eigenvalue weighted by Gasteiger charge is -2.21. The highest BCUT2D eigenvalue weighted by Gasteiger charge is 2.18. The number of furan rings is 1. The Labute approximate surface area is 148 Å². The lowest BCUT2D eigenvalue weighted by molar-refractivity contribution is 0.0997. The zero-order chi connectivity index (χ0) is 17.8. The van der Waals surface area contributed by atoms with Crippen LogP contribution in [0.5, 0.6) is 0 Å². The van der Waals surface area contributed by atoms with Crippen molar-refractivity contribution < 1.29 is 9.21 Å². The van der Waals surface area contributed by atoms with Crippen molar-refractivity contribution in [3.63, 3.8) is 0 Å². The second-order valence-electron chi connectivity index (χ2n) is 5.93. The molecule has 0 saturated carbocycles. The molecular formula is C21H24N2O2. The Kier molecular flexibility index (Phi) is 5.08. The summed E-state index contributed by atoms with van der Waals surface area (Å²) in [6, 6.07) is 15.7. The number of carbonyl (C=O) groups excluding carboxylic acids is 1. The topological polar surface area (TPSA) is 45.5 Å². The molecule has 1 heterocycles. The molecule has 0 unspecified atom stereocenters. The number of anilines is 2. The fourth-order valence-corrected chi connectivity index (χ4v) is 3.12. The van der Waals surface area contributed by atoms with E-state index in [-0.39, 0.29) is 5.91 Å². The highest BCUT2D eigenvalue weighted by atomic mass is 16.4. The molecule has 0 atom stereocenters. The second-order valence-corrected chi connectivity index (χ2v) is 5.93. The van der Waals surface area contributed by atoms with Crippen LogP contribution >= 0.6 is 0 Å². The lowest BCUT2D eigenvalue weighted by atomic mass is 10.1. The third-order valence-corrected chi connectivity index (χ3v) is 4.48. The Bertz CT molecular complexity index is 861. The van der Waals surface area contributed by atoms with Gasteiger partial charge < -0.3 is 14.6 Å². The highest BCUT2D eigenvalue weighted by molar-refractivity contribution is 6.11. The summed E-state index contributed by atoms with van der Waals surface area (Å²) in [6.45, 7) is 8.21. The van der Waals surface area contributed by atoms with E-state index in [9.17, 15) is 4.79 Å². The van der Waals surface area contributed by atoms with Gasteiger partial charge in [0.05, 0.1) is 0 Å². The average Bonchev–Trinajstić information content (AvgIpc) is 3.03. The van der Waals surface area contributed by atoms with E-state index in [1.165, 1.54) is 0 Å². The summed E-state index contributed by atoms with van der Waals surface area (Å²) in [4.78, 5) is 14.9. The van der Waals surface area contributed by atoms with Gasteiger partial charge in [-0.3, -0.25) is 4.79 Å². The summed E-state index contributed by atoms with van der Waals surface area (Å²) in [5, 5.41) is 4.80. The number of hydrogen-bond donors (Lipinski definition) is 1. The summed E-state index contributed by atoms with van der Waals surface area (Å²) in [5.74, 6) is 1.00. The van der Waals surface area contributed by atoms with Gasteiger partial charge in [0.25, 0.3) is 5.91 Å². The number of rotatable bonds is 6. The van der Waals surface area contributed by atoms with E-state index in [4.69, 9.17) is 4.42 Å². The third-order valence-electron chi connectivity index (χ3n) is 4.48. The first-order valence-electron chi connectivity index (χ1n) is 8.84. The van der Waals surface area contributed by atoms with Crippen LogP contribution < -0.4 is 10.2 Å². The van der Waals surface area contributed by atoms with Crippen LogP contribution in [-0.4, -0.2) is 19.0 Å². The largest absolute Gasteiger partial charge is 0.455 e. The molecule has 3 rings (SSSR count). The van der Waals surface area contributed by atoms with Crippen LogP contribution in [0.4, 0.5) is 11.4 Å². The van der Waals surface area contributed by atoms with E-state index >= 15 is 0 Å². The molecule has 1 N–H and O–H groups in total. The minimum absolute atomic E-state index is 0.216. The second kappa shape index (κ2) is 7.43. The minimum Gasteiger partial charge on any atom is -0.455 e. The van der Waals surface area contributed by atoms with Gasteiger partial charge in [-0.1, -0.05) is 31.2 Å². The van der Waals surface area contributed by atoms with Gasteiger partial charge in [-0.05, 0) is 38.1 Å². The molecule has 3 aromatic rings.